The molecular formula is C22H31N3O3. The zero-order valence-electron chi connectivity index (χ0n) is 16.9. The van der Waals surface area contributed by atoms with Crippen molar-refractivity contribution in [2.24, 2.45) is 23.2 Å². The molecule has 28 heavy (non-hydrogen) atoms. The molecule has 6 nitrogen and oxygen atoms in total. The Morgan fingerprint density at radius 1 is 1.14 bits per heavy atom. The van der Waals surface area contributed by atoms with Gasteiger partial charge in [0.2, 0.25) is 17.7 Å². The van der Waals surface area contributed by atoms with Crippen LogP contribution in [0, 0.1) is 23.2 Å². The Bertz CT molecular complexity index is 711. The highest BCUT2D eigenvalue weighted by Gasteiger charge is 2.54. The van der Waals surface area contributed by atoms with Crippen molar-refractivity contribution in [3.63, 3.8) is 0 Å². The molecule has 4 bridgehead atoms. The minimum absolute atomic E-state index is 0.0175. The predicted molar refractivity (Wildman–Crippen MR) is 105 cm³/mol. The number of amides is 2. The van der Waals surface area contributed by atoms with Gasteiger partial charge in [0.15, 0.2) is 0 Å². The number of carbonyl (C=O) groups excluding carboxylic acids is 2. The lowest BCUT2D eigenvalue weighted by Crippen LogP contribution is -2.54. The third-order valence-electron chi connectivity index (χ3n) is 6.60. The smallest absolute Gasteiger partial charge is 0.239 e. The number of hydrogen-bond acceptors (Lipinski definition) is 4. The largest absolute Gasteiger partial charge is 0.475 e. The van der Waals surface area contributed by atoms with Crippen molar-refractivity contribution < 1.29 is 14.3 Å². The Morgan fingerprint density at radius 2 is 1.79 bits per heavy atom. The zero-order valence-corrected chi connectivity index (χ0v) is 16.9. The first-order chi connectivity index (χ1) is 13.4. The first-order valence-electron chi connectivity index (χ1n) is 10.6. The fraction of sp³-hybridized carbons (Fsp3) is 0.682. The number of nitrogens with one attached hydrogen (secondary N) is 2. The minimum atomic E-state index is -0.212. The van der Waals surface area contributed by atoms with Crippen molar-refractivity contribution in [1.29, 1.82) is 0 Å². The molecule has 2 amide bonds. The lowest BCUT2D eigenvalue weighted by atomic mass is 9.49. The average Bonchev–Trinajstić information content (AvgIpc) is 2.64. The standard InChI is InChI=1S/C22H31N3O3/c1-14(2)28-20-18(4-3-5-23-20)12-24-19(26)13-25-21(27)22-9-15-6-16(10-22)8-17(7-15)11-22/h3-5,14-17H,6-13H2,1-2H3,(H,24,26)(H,25,27). The van der Waals surface area contributed by atoms with Crippen molar-refractivity contribution in [1.82, 2.24) is 15.6 Å². The van der Waals surface area contributed by atoms with Gasteiger partial charge in [0.1, 0.15) is 0 Å². The molecule has 1 heterocycles. The third-order valence-corrected chi connectivity index (χ3v) is 6.60. The van der Waals surface area contributed by atoms with Gasteiger partial charge in [0.05, 0.1) is 12.6 Å². The van der Waals surface area contributed by atoms with Gasteiger partial charge in [-0.25, -0.2) is 4.98 Å². The molecule has 0 aromatic carbocycles. The van der Waals surface area contributed by atoms with Gasteiger partial charge in [-0.15, -0.1) is 0 Å². The predicted octanol–water partition coefficient (Wildman–Crippen LogP) is 2.82. The van der Waals surface area contributed by atoms with Gasteiger partial charge in [-0.3, -0.25) is 9.59 Å². The van der Waals surface area contributed by atoms with E-state index in [-0.39, 0.29) is 29.9 Å². The number of ether oxygens (including phenoxy) is 1. The van der Waals surface area contributed by atoms with Gasteiger partial charge in [-0.05, 0) is 76.2 Å². The van der Waals surface area contributed by atoms with Crippen LogP contribution in [-0.2, 0) is 16.1 Å². The molecule has 2 N–H and O–H groups in total. The van der Waals surface area contributed by atoms with E-state index in [1.807, 2.05) is 26.0 Å². The summed E-state index contributed by atoms with van der Waals surface area (Å²) in [7, 11) is 0. The number of rotatable bonds is 7. The first-order valence-corrected chi connectivity index (χ1v) is 10.6. The third kappa shape index (κ3) is 4.01. The number of nitrogens with zero attached hydrogens (tertiary/aromatic N) is 1. The number of carbonyl (C=O) groups is 2. The minimum Gasteiger partial charge on any atom is -0.475 e. The maximum atomic E-state index is 12.9. The Kier molecular flexibility index (Phi) is 5.30. The molecule has 0 spiro atoms. The van der Waals surface area contributed by atoms with Gasteiger partial charge in [0, 0.05) is 23.7 Å². The van der Waals surface area contributed by atoms with Gasteiger partial charge in [-0.1, -0.05) is 6.07 Å². The molecule has 4 aliphatic rings. The second-order valence-electron chi connectivity index (χ2n) is 9.29. The van der Waals surface area contributed by atoms with E-state index < -0.39 is 0 Å². The topological polar surface area (TPSA) is 80.3 Å². The second-order valence-corrected chi connectivity index (χ2v) is 9.29. The van der Waals surface area contributed by atoms with Crippen LogP contribution >= 0.6 is 0 Å². The average molecular weight is 386 g/mol. The van der Waals surface area contributed by atoms with Gasteiger partial charge < -0.3 is 15.4 Å². The maximum Gasteiger partial charge on any atom is 0.239 e. The molecule has 4 aliphatic carbocycles. The summed E-state index contributed by atoms with van der Waals surface area (Å²) in [5.41, 5.74) is 0.619. The van der Waals surface area contributed by atoms with Crippen LogP contribution in [0.15, 0.2) is 18.3 Å². The van der Waals surface area contributed by atoms with E-state index >= 15 is 0 Å². The Labute approximate surface area is 166 Å². The fourth-order valence-electron chi connectivity index (χ4n) is 5.88. The van der Waals surface area contributed by atoms with Crippen LogP contribution in [0.1, 0.15) is 57.9 Å². The first kappa shape index (κ1) is 19.2. The van der Waals surface area contributed by atoms with Crippen LogP contribution in [0.3, 0.4) is 0 Å². The molecule has 152 valence electrons. The van der Waals surface area contributed by atoms with Crippen LogP contribution in [0.5, 0.6) is 5.88 Å². The van der Waals surface area contributed by atoms with Crippen molar-refractivity contribution in [2.45, 2.75) is 65.0 Å². The van der Waals surface area contributed by atoms with E-state index in [0.717, 1.165) is 42.6 Å². The SMILES string of the molecule is CC(C)Oc1ncccc1CNC(=O)CNC(=O)C12CC3CC(CC(C3)C1)C2. The van der Waals surface area contributed by atoms with Crippen LogP contribution in [0.4, 0.5) is 0 Å². The Morgan fingerprint density at radius 3 is 2.39 bits per heavy atom. The molecule has 0 radical (unpaired) electrons. The van der Waals surface area contributed by atoms with Crippen molar-refractivity contribution in [3.05, 3.63) is 23.9 Å². The molecule has 6 heteroatoms. The lowest BCUT2D eigenvalue weighted by Gasteiger charge is -2.55. The van der Waals surface area contributed by atoms with E-state index in [0.29, 0.717) is 12.4 Å². The summed E-state index contributed by atoms with van der Waals surface area (Å²) in [5, 5.41) is 5.79. The number of pyridine rings is 1. The van der Waals surface area contributed by atoms with E-state index in [9.17, 15) is 9.59 Å². The molecule has 0 aliphatic heterocycles. The molecule has 1 aromatic rings. The van der Waals surface area contributed by atoms with Crippen LogP contribution in [0.25, 0.3) is 0 Å². The summed E-state index contributed by atoms with van der Waals surface area (Å²) in [4.78, 5) is 29.5. The molecule has 0 unspecified atom stereocenters. The maximum absolute atomic E-state index is 12.9. The van der Waals surface area contributed by atoms with E-state index in [1.165, 1.54) is 19.3 Å². The summed E-state index contributed by atoms with van der Waals surface area (Å²) in [6.45, 7) is 4.25. The zero-order chi connectivity index (χ0) is 19.7. The van der Waals surface area contributed by atoms with Gasteiger partial charge in [-0.2, -0.15) is 0 Å². The van der Waals surface area contributed by atoms with Crippen molar-refractivity contribution in [2.75, 3.05) is 6.54 Å². The highest BCUT2D eigenvalue weighted by molar-refractivity contribution is 5.88. The van der Waals surface area contributed by atoms with E-state index in [2.05, 4.69) is 15.6 Å². The van der Waals surface area contributed by atoms with Gasteiger partial charge in [0.25, 0.3) is 0 Å². The molecule has 1 aromatic heterocycles. The Balaban J connectivity index is 1.28. The summed E-state index contributed by atoms with van der Waals surface area (Å²) >= 11 is 0. The highest BCUT2D eigenvalue weighted by Crippen LogP contribution is 2.60. The summed E-state index contributed by atoms with van der Waals surface area (Å²) in [6, 6.07) is 3.71. The Hall–Kier alpha value is -2.11. The highest BCUT2D eigenvalue weighted by atomic mass is 16.5. The van der Waals surface area contributed by atoms with E-state index in [1.54, 1.807) is 6.20 Å². The van der Waals surface area contributed by atoms with E-state index in [4.69, 9.17) is 4.74 Å². The molecule has 0 saturated heterocycles. The summed E-state index contributed by atoms with van der Waals surface area (Å²) in [5.74, 6) is 2.60. The molecule has 4 saturated carbocycles. The second kappa shape index (κ2) is 7.72. The van der Waals surface area contributed by atoms with Crippen molar-refractivity contribution >= 4 is 11.8 Å². The molecule has 4 fully saturated rings. The molecular weight excluding hydrogens is 354 g/mol. The van der Waals surface area contributed by atoms with Crippen LogP contribution < -0.4 is 15.4 Å². The van der Waals surface area contributed by atoms with Crippen LogP contribution in [-0.4, -0.2) is 29.4 Å². The summed E-state index contributed by atoms with van der Waals surface area (Å²) in [6.07, 6.45) is 8.64. The fourth-order valence-corrected chi connectivity index (χ4v) is 5.88. The summed E-state index contributed by atoms with van der Waals surface area (Å²) < 4.78 is 5.68. The number of hydrogen-bond donors (Lipinski definition) is 2. The van der Waals surface area contributed by atoms with Crippen molar-refractivity contribution in [3.8, 4) is 5.88 Å². The monoisotopic (exact) mass is 385 g/mol. The molecule has 5 rings (SSSR count). The molecule has 0 atom stereocenters. The quantitative estimate of drug-likeness (QED) is 0.756. The number of aromatic nitrogens is 1. The van der Waals surface area contributed by atoms with Crippen LogP contribution in [0.2, 0.25) is 0 Å². The normalized spacial score (nSPS) is 30.3. The lowest BCUT2D eigenvalue weighted by molar-refractivity contribution is -0.147. The van der Waals surface area contributed by atoms with Gasteiger partial charge >= 0.3 is 0 Å².